The molecule has 0 bridgehead atoms. The van der Waals surface area contributed by atoms with Crippen molar-refractivity contribution in [3.05, 3.63) is 102 Å². The van der Waals surface area contributed by atoms with Gasteiger partial charge in [0.1, 0.15) is 35.8 Å². The van der Waals surface area contributed by atoms with Gasteiger partial charge in [0.2, 0.25) is 12.3 Å². The topological polar surface area (TPSA) is 213 Å². The van der Waals surface area contributed by atoms with Crippen molar-refractivity contribution in [1.29, 1.82) is 0 Å². The molecule has 5 amide bonds. The minimum atomic E-state index is -1.04. The highest BCUT2D eigenvalue weighted by molar-refractivity contribution is 6.24. The minimum Gasteiger partial charge on any atom is -0.491 e. The van der Waals surface area contributed by atoms with Crippen molar-refractivity contribution in [3.8, 4) is 17.2 Å². The molecule has 2 heterocycles. The predicted octanol–water partition coefficient (Wildman–Crippen LogP) is 3.92. The van der Waals surface area contributed by atoms with Crippen LogP contribution in [0.4, 0.5) is 17.1 Å². The maximum absolute atomic E-state index is 13.2. The highest BCUT2D eigenvalue weighted by Gasteiger charge is 2.41. The van der Waals surface area contributed by atoms with Crippen LogP contribution >= 0.6 is 0 Å². The summed E-state index contributed by atoms with van der Waals surface area (Å²) in [5, 5.41) is 10.9. The lowest BCUT2D eigenvalue weighted by atomic mass is 10.1. The van der Waals surface area contributed by atoms with Gasteiger partial charge in [-0.3, -0.25) is 33.9 Å². The molecular formula is C41H44N6O11. The van der Waals surface area contributed by atoms with Gasteiger partial charge in [-0.05, 0) is 73.2 Å². The Morgan fingerprint density at radius 3 is 2.14 bits per heavy atom. The summed E-state index contributed by atoms with van der Waals surface area (Å²) in [6.07, 6.45) is 2.62. The van der Waals surface area contributed by atoms with Crippen molar-refractivity contribution in [2.75, 3.05) is 75.8 Å². The number of pyridine rings is 1. The molecule has 1 aromatic heterocycles. The number of fused-ring (bicyclic) bond motifs is 1. The highest BCUT2D eigenvalue weighted by Crippen LogP contribution is 2.31. The maximum atomic E-state index is 13.2. The van der Waals surface area contributed by atoms with Crippen LogP contribution in [0.15, 0.2) is 85.1 Å². The van der Waals surface area contributed by atoms with Gasteiger partial charge in [-0.15, -0.1) is 0 Å². The van der Waals surface area contributed by atoms with Crippen LogP contribution < -0.4 is 30.7 Å². The number of aromatic nitrogens is 1. The predicted molar refractivity (Wildman–Crippen MR) is 211 cm³/mol. The summed E-state index contributed by atoms with van der Waals surface area (Å²) in [6.45, 7) is 2.73. The lowest BCUT2D eigenvalue weighted by molar-refractivity contribution is -0.121. The molecule has 0 spiro atoms. The fraction of sp³-hybridized carbons (Fsp3) is 0.293. The van der Waals surface area contributed by atoms with Crippen LogP contribution in [0.2, 0.25) is 0 Å². The lowest BCUT2D eigenvalue weighted by Gasteiger charge is -2.21. The Kier molecular flexibility index (Phi) is 16.2. The van der Waals surface area contributed by atoms with Gasteiger partial charge in [0.15, 0.2) is 0 Å². The van der Waals surface area contributed by atoms with E-state index >= 15 is 0 Å². The number of hydrogen-bond acceptors (Lipinski definition) is 13. The van der Waals surface area contributed by atoms with Gasteiger partial charge in [0, 0.05) is 49.3 Å². The zero-order valence-corrected chi connectivity index (χ0v) is 31.8. The fourth-order valence-corrected chi connectivity index (χ4v) is 5.68. The molecule has 4 aromatic rings. The fourth-order valence-electron chi connectivity index (χ4n) is 5.68. The number of benzene rings is 3. The number of imide groups is 1. The van der Waals surface area contributed by atoms with Gasteiger partial charge < -0.3 is 49.7 Å². The molecule has 58 heavy (non-hydrogen) atoms. The van der Waals surface area contributed by atoms with Crippen molar-refractivity contribution < 1.29 is 52.5 Å². The second-order valence-electron chi connectivity index (χ2n) is 12.5. The highest BCUT2D eigenvalue weighted by atomic mass is 16.6. The second-order valence-corrected chi connectivity index (χ2v) is 12.5. The van der Waals surface area contributed by atoms with Crippen molar-refractivity contribution in [1.82, 2.24) is 15.2 Å². The molecule has 4 N–H and O–H groups in total. The third-order valence-corrected chi connectivity index (χ3v) is 8.58. The van der Waals surface area contributed by atoms with Gasteiger partial charge in [-0.1, -0.05) is 6.07 Å². The number of nitrogens with one attached hydrogen (secondary N) is 4. The summed E-state index contributed by atoms with van der Waals surface area (Å²) in [6, 6.07) is 20.6. The number of hydrogen-bond donors (Lipinski definition) is 4. The van der Waals surface area contributed by atoms with E-state index < -0.39 is 23.8 Å². The molecule has 0 saturated carbocycles. The smallest absolute Gasteiger partial charge is 0.274 e. The molecule has 0 radical (unpaired) electrons. The quantitative estimate of drug-likeness (QED) is 0.0426. The molecule has 5 rings (SSSR count). The van der Waals surface area contributed by atoms with Crippen molar-refractivity contribution in [2.24, 2.45) is 0 Å². The average molecular weight is 797 g/mol. The number of nitrogens with zero attached hydrogens (tertiary/aromatic N) is 2. The Balaban J connectivity index is 0.902. The Morgan fingerprint density at radius 2 is 1.45 bits per heavy atom. The largest absolute Gasteiger partial charge is 0.491 e. The number of carbonyl (C=O) groups is 6. The van der Waals surface area contributed by atoms with Crippen LogP contribution in [-0.2, 0) is 28.6 Å². The van der Waals surface area contributed by atoms with E-state index in [1.807, 2.05) is 0 Å². The minimum absolute atomic E-state index is 0.00143. The first kappa shape index (κ1) is 42.5. The van der Waals surface area contributed by atoms with E-state index in [1.165, 1.54) is 25.4 Å². The van der Waals surface area contributed by atoms with Gasteiger partial charge >= 0.3 is 0 Å². The average Bonchev–Trinajstić information content (AvgIpc) is 3.50. The van der Waals surface area contributed by atoms with Gasteiger partial charge in [-0.25, -0.2) is 0 Å². The molecule has 1 aliphatic rings. The van der Waals surface area contributed by atoms with Crippen molar-refractivity contribution in [3.63, 3.8) is 0 Å². The molecule has 17 heteroatoms. The molecule has 0 saturated heterocycles. The first-order chi connectivity index (χ1) is 28.3. The van der Waals surface area contributed by atoms with Crippen molar-refractivity contribution in [2.45, 2.75) is 18.9 Å². The summed E-state index contributed by atoms with van der Waals surface area (Å²) < 4.78 is 28.2. The number of amides is 5. The van der Waals surface area contributed by atoms with E-state index in [9.17, 15) is 28.8 Å². The molecule has 304 valence electrons. The van der Waals surface area contributed by atoms with Crippen LogP contribution in [-0.4, -0.2) is 112 Å². The third kappa shape index (κ3) is 12.2. The van der Waals surface area contributed by atoms with Crippen molar-refractivity contribution >= 4 is 53.4 Å². The summed E-state index contributed by atoms with van der Waals surface area (Å²) in [7, 11) is 1.47. The van der Waals surface area contributed by atoms with Gasteiger partial charge in [0.25, 0.3) is 17.7 Å². The SMILES string of the molecule is CNC(=O)CCC(C=O)N1C(=O)c2cccc(NCCOCCOCCOCCOc3ccc(NC(=O)c4cc(Oc5ccc(NC=O)cc5)ccn4)cc3)c2C1=O. The van der Waals surface area contributed by atoms with Crippen LogP contribution in [0.3, 0.4) is 0 Å². The first-order valence-corrected chi connectivity index (χ1v) is 18.4. The molecule has 17 nitrogen and oxygen atoms in total. The van der Waals surface area contributed by atoms with Crippen LogP contribution in [0, 0.1) is 0 Å². The van der Waals surface area contributed by atoms with E-state index in [0.29, 0.717) is 99.8 Å². The van der Waals surface area contributed by atoms with E-state index in [4.69, 9.17) is 23.7 Å². The molecule has 3 aromatic carbocycles. The van der Waals surface area contributed by atoms with Crippen LogP contribution in [0.5, 0.6) is 17.2 Å². The summed E-state index contributed by atoms with van der Waals surface area (Å²) in [4.78, 5) is 78.0. The summed E-state index contributed by atoms with van der Waals surface area (Å²) >= 11 is 0. The van der Waals surface area contributed by atoms with Crippen LogP contribution in [0.1, 0.15) is 44.0 Å². The normalized spacial score (nSPS) is 12.3. The number of aldehydes is 1. The molecule has 1 aliphatic heterocycles. The first-order valence-electron chi connectivity index (χ1n) is 18.4. The Hall–Kier alpha value is -6.69. The van der Waals surface area contributed by atoms with Gasteiger partial charge in [0.05, 0.1) is 56.8 Å². The summed E-state index contributed by atoms with van der Waals surface area (Å²) in [5.74, 6) is -0.300. The molecule has 1 unspecified atom stereocenters. The standard InChI is InChI=1S/C41H44N6O11/c1-42-37(50)14-9-30(26-48)47-40(52)34-3-2-4-35(38(34)41(47)53)44-17-18-54-19-20-55-21-22-56-23-24-57-31-10-7-29(8-11-31)46-39(51)36-25-33(15-16-43-36)58-32-12-5-28(6-13-32)45-27-49/h2-8,10-13,15-16,25-27,30,44H,9,14,17-24H2,1H3,(H,42,50)(H,45,49)(H,46,51). The molecular weight excluding hydrogens is 752 g/mol. The molecule has 0 fully saturated rings. The maximum Gasteiger partial charge on any atom is 0.274 e. The van der Waals surface area contributed by atoms with E-state index in [-0.39, 0.29) is 35.6 Å². The Morgan fingerprint density at radius 1 is 0.776 bits per heavy atom. The van der Waals surface area contributed by atoms with E-state index in [0.717, 1.165) is 4.90 Å². The van der Waals surface area contributed by atoms with E-state index in [1.54, 1.807) is 66.7 Å². The zero-order valence-electron chi connectivity index (χ0n) is 31.8. The number of ether oxygens (including phenoxy) is 5. The van der Waals surface area contributed by atoms with Crippen LogP contribution in [0.25, 0.3) is 0 Å². The Bertz CT molecular complexity index is 2030. The zero-order chi connectivity index (χ0) is 41.1. The summed E-state index contributed by atoms with van der Waals surface area (Å²) in [5.41, 5.74) is 2.19. The number of carbonyl (C=O) groups excluding carboxylic acids is 6. The lowest BCUT2D eigenvalue weighted by Crippen LogP contribution is -2.41. The number of rotatable bonds is 25. The molecule has 0 aliphatic carbocycles. The number of anilines is 3. The Labute approximate surface area is 334 Å². The second kappa shape index (κ2) is 22.2. The molecule has 1 atom stereocenters. The monoisotopic (exact) mass is 796 g/mol. The van der Waals surface area contributed by atoms with E-state index in [2.05, 4.69) is 26.3 Å². The third-order valence-electron chi connectivity index (χ3n) is 8.58. The van der Waals surface area contributed by atoms with Gasteiger partial charge in [-0.2, -0.15) is 0 Å².